The molecule has 0 rings (SSSR count). The van der Waals surface area contributed by atoms with Crippen molar-refractivity contribution in [3.8, 4) is 0 Å². The first-order valence-electron chi connectivity index (χ1n) is 3.82. The zero-order chi connectivity index (χ0) is 9.72. The molecule has 0 amide bonds. The lowest BCUT2D eigenvalue weighted by atomic mass is 9.84. The number of hydrogen-bond donors (Lipinski definition) is 2. The number of allylic oxidation sites excluding steroid dienone is 1. The average Bonchev–Trinajstić information content (AvgIpc) is 1.98. The summed E-state index contributed by atoms with van der Waals surface area (Å²) >= 11 is 0. The highest BCUT2D eigenvalue weighted by Crippen LogP contribution is 2.10. The van der Waals surface area contributed by atoms with Crippen LogP contribution in [0.1, 0.15) is 20.8 Å². The Morgan fingerprint density at radius 1 is 1.58 bits per heavy atom. The predicted octanol–water partition coefficient (Wildman–Crippen LogP) is 0.228. The van der Waals surface area contributed by atoms with Crippen LogP contribution in [0.2, 0.25) is 0 Å². The molecule has 0 radical (unpaired) electrons. The maximum Gasteiger partial charge on any atom is 0.507 e. The van der Waals surface area contributed by atoms with Gasteiger partial charge >= 0.3 is 7.12 Å². The predicted molar refractivity (Wildman–Crippen MR) is 50.5 cm³/mol. The Morgan fingerprint density at radius 3 is 2.17 bits per heavy atom. The zero-order valence-electron chi connectivity index (χ0n) is 7.73. The van der Waals surface area contributed by atoms with E-state index in [-0.39, 0.29) is 6.04 Å². The van der Waals surface area contributed by atoms with E-state index in [1.807, 2.05) is 13.8 Å². The van der Waals surface area contributed by atoms with Crippen LogP contribution in [0.15, 0.2) is 16.8 Å². The standard InChI is InChI=1S/C7H15BN2O2/c1-5-7(8(11)12)10(9-4)6(2)3/h5-6,11-12H,4H2,1-3H3/b7-5-. The molecule has 0 aromatic heterocycles. The van der Waals surface area contributed by atoms with E-state index >= 15 is 0 Å². The van der Waals surface area contributed by atoms with Gasteiger partial charge in [-0.2, -0.15) is 5.10 Å². The summed E-state index contributed by atoms with van der Waals surface area (Å²) in [6.07, 6.45) is 1.60. The lowest BCUT2D eigenvalue weighted by molar-refractivity contribution is 0.291. The third kappa shape index (κ3) is 2.67. The Kier molecular flexibility index (Phi) is 4.62. The highest BCUT2D eigenvalue weighted by atomic mass is 16.4. The molecule has 0 heterocycles. The summed E-state index contributed by atoms with van der Waals surface area (Å²) in [5.41, 5.74) is 0.347. The zero-order valence-corrected chi connectivity index (χ0v) is 7.73. The van der Waals surface area contributed by atoms with Gasteiger partial charge in [-0.1, -0.05) is 6.08 Å². The van der Waals surface area contributed by atoms with Gasteiger partial charge in [0.05, 0.1) is 5.60 Å². The Bertz CT molecular complexity index is 180. The maximum absolute atomic E-state index is 8.92. The fraction of sp³-hybridized carbons (Fsp3) is 0.571. The topological polar surface area (TPSA) is 56.1 Å². The average molecular weight is 170 g/mol. The summed E-state index contributed by atoms with van der Waals surface area (Å²) < 4.78 is 0. The van der Waals surface area contributed by atoms with Crippen LogP contribution in [0.5, 0.6) is 0 Å². The highest BCUT2D eigenvalue weighted by Gasteiger charge is 2.21. The van der Waals surface area contributed by atoms with Gasteiger partial charge in [-0.15, -0.1) is 0 Å². The largest absolute Gasteiger partial charge is 0.507 e. The molecule has 2 N–H and O–H groups in total. The van der Waals surface area contributed by atoms with E-state index < -0.39 is 7.12 Å². The van der Waals surface area contributed by atoms with Crippen LogP contribution in [0, 0.1) is 0 Å². The van der Waals surface area contributed by atoms with Gasteiger partial charge in [0.2, 0.25) is 0 Å². The van der Waals surface area contributed by atoms with Gasteiger partial charge in [-0.3, -0.25) is 5.01 Å². The van der Waals surface area contributed by atoms with E-state index in [1.165, 1.54) is 5.01 Å². The van der Waals surface area contributed by atoms with Crippen molar-refractivity contribution < 1.29 is 10.0 Å². The van der Waals surface area contributed by atoms with Crippen molar-refractivity contribution >= 4 is 13.8 Å². The molecule has 0 aromatic carbocycles. The molecule has 4 nitrogen and oxygen atoms in total. The quantitative estimate of drug-likeness (QED) is 0.360. The molecule has 68 valence electrons. The highest BCUT2D eigenvalue weighted by molar-refractivity contribution is 6.50. The molecule has 0 aliphatic rings. The molecule has 0 atom stereocenters. The Hall–Kier alpha value is -0.805. The monoisotopic (exact) mass is 170 g/mol. The van der Waals surface area contributed by atoms with Gasteiger partial charge in [0.25, 0.3) is 0 Å². The molecule has 0 aliphatic heterocycles. The van der Waals surface area contributed by atoms with E-state index in [0.717, 1.165) is 0 Å². The van der Waals surface area contributed by atoms with Crippen molar-refractivity contribution in [3.63, 3.8) is 0 Å². The van der Waals surface area contributed by atoms with Crippen LogP contribution in [0.4, 0.5) is 0 Å². The molecule has 5 heteroatoms. The number of rotatable bonds is 4. The van der Waals surface area contributed by atoms with E-state index in [9.17, 15) is 0 Å². The lowest BCUT2D eigenvalue weighted by Crippen LogP contribution is -2.33. The molecule has 0 aromatic rings. The van der Waals surface area contributed by atoms with Crippen molar-refractivity contribution in [1.82, 2.24) is 5.01 Å². The minimum Gasteiger partial charge on any atom is -0.422 e. The van der Waals surface area contributed by atoms with Gasteiger partial charge in [0, 0.05) is 12.8 Å². The van der Waals surface area contributed by atoms with Crippen LogP contribution in [-0.4, -0.2) is 34.9 Å². The van der Waals surface area contributed by atoms with Gasteiger partial charge in [0.1, 0.15) is 0 Å². The number of hydrazone groups is 1. The van der Waals surface area contributed by atoms with Crippen molar-refractivity contribution in [2.75, 3.05) is 0 Å². The first kappa shape index (κ1) is 11.2. The van der Waals surface area contributed by atoms with Crippen LogP contribution in [0.3, 0.4) is 0 Å². The Labute approximate surface area is 73.3 Å². The van der Waals surface area contributed by atoms with Crippen molar-refractivity contribution in [3.05, 3.63) is 11.7 Å². The summed E-state index contributed by atoms with van der Waals surface area (Å²) in [7, 11) is -1.50. The van der Waals surface area contributed by atoms with Gasteiger partial charge in [0.15, 0.2) is 0 Å². The number of hydrogen-bond acceptors (Lipinski definition) is 4. The third-order valence-electron chi connectivity index (χ3n) is 1.47. The van der Waals surface area contributed by atoms with Gasteiger partial charge < -0.3 is 10.0 Å². The number of nitrogens with zero attached hydrogens (tertiary/aromatic N) is 2. The van der Waals surface area contributed by atoms with Crippen molar-refractivity contribution in [2.45, 2.75) is 26.8 Å². The molecule has 12 heavy (non-hydrogen) atoms. The van der Waals surface area contributed by atoms with Gasteiger partial charge in [-0.05, 0) is 20.8 Å². The second-order valence-electron chi connectivity index (χ2n) is 2.67. The molecule has 0 saturated heterocycles. The van der Waals surface area contributed by atoms with E-state index in [4.69, 9.17) is 10.0 Å². The molecule has 0 bridgehead atoms. The normalized spacial score (nSPS) is 11.7. The molecular formula is C7H15BN2O2. The van der Waals surface area contributed by atoms with Crippen LogP contribution >= 0.6 is 0 Å². The molecule has 0 spiro atoms. The smallest absolute Gasteiger partial charge is 0.422 e. The van der Waals surface area contributed by atoms with E-state index in [1.54, 1.807) is 13.0 Å². The summed E-state index contributed by atoms with van der Waals surface area (Å²) in [5, 5.41) is 23.0. The summed E-state index contributed by atoms with van der Waals surface area (Å²) in [6, 6.07) is 0.0653. The SMILES string of the molecule is C=NN(/C(=C\C)B(O)O)C(C)C. The minimum absolute atomic E-state index is 0.0653. The van der Waals surface area contributed by atoms with Crippen molar-refractivity contribution in [1.29, 1.82) is 0 Å². The summed E-state index contributed by atoms with van der Waals surface area (Å²) in [5.74, 6) is 0. The van der Waals surface area contributed by atoms with Crippen LogP contribution in [0.25, 0.3) is 0 Å². The first-order chi connectivity index (χ1) is 5.54. The Balaban J connectivity index is 4.58. The maximum atomic E-state index is 8.92. The fourth-order valence-electron chi connectivity index (χ4n) is 0.943. The minimum atomic E-state index is -1.50. The summed E-state index contributed by atoms with van der Waals surface area (Å²) in [6.45, 7) is 8.84. The molecule has 0 saturated carbocycles. The van der Waals surface area contributed by atoms with E-state index in [0.29, 0.717) is 5.60 Å². The summed E-state index contributed by atoms with van der Waals surface area (Å²) in [4.78, 5) is 0. The third-order valence-corrected chi connectivity index (χ3v) is 1.47. The van der Waals surface area contributed by atoms with Crippen molar-refractivity contribution in [2.24, 2.45) is 5.10 Å². The molecule has 0 fully saturated rings. The van der Waals surface area contributed by atoms with Gasteiger partial charge in [-0.25, -0.2) is 0 Å². The fourth-order valence-corrected chi connectivity index (χ4v) is 0.943. The Morgan fingerprint density at radius 2 is 2.08 bits per heavy atom. The molecule has 0 unspecified atom stereocenters. The second-order valence-corrected chi connectivity index (χ2v) is 2.67. The molecule has 0 aliphatic carbocycles. The van der Waals surface area contributed by atoms with E-state index in [2.05, 4.69) is 11.8 Å². The second kappa shape index (κ2) is 4.95. The molecular weight excluding hydrogens is 155 g/mol. The van der Waals surface area contributed by atoms with Crippen LogP contribution < -0.4 is 0 Å². The lowest BCUT2D eigenvalue weighted by Gasteiger charge is -2.24. The van der Waals surface area contributed by atoms with Crippen LogP contribution in [-0.2, 0) is 0 Å². The first-order valence-corrected chi connectivity index (χ1v) is 3.82.